The minimum atomic E-state index is -0.806. The molecule has 0 aliphatic heterocycles. The number of carbonyl (C=O) groups excluding carboxylic acids is 1. The summed E-state index contributed by atoms with van der Waals surface area (Å²) in [4.78, 5) is 22.9. The highest BCUT2D eigenvalue weighted by molar-refractivity contribution is 5.80. The molecule has 1 atom stereocenters. The van der Waals surface area contributed by atoms with Crippen molar-refractivity contribution in [2.75, 3.05) is 6.54 Å². The fourth-order valence-corrected chi connectivity index (χ4v) is 2.74. The fourth-order valence-electron chi connectivity index (χ4n) is 2.74. The summed E-state index contributed by atoms with van der Waals surface area (Å²) in [6.07, 6.45) is 2.45. The summed E-state index contributed by atoms with van der Waals surface area (Å²) in [5.41, 5.74) is 2.51. The minimum absolute atomic E-state index is 0.00488. The molecule has 1 amide bonds. The first-order valence-corrected chi connectivity index (χ1v) is 7.16. The molecule has 0 saturated heterocycles. The molecule has 0 saturated carbocycles. The lowest BCUT2D eigenvalue weighted by Crippen LogP contribution is -2.35. The Balaban J connectivity index is 1.83. The smallest absolute Gasteiger partial charge is 0.303 e. The minimum Gasteiger partial charge on any atom is -0.481 e. The van der Waals surface area contributed by atoms with Crippen LogP contribution in [0.4, 0.5) is 0 Å². The highest BCUT2D eigenvalue weighted by atomic mass is 16.4. The van der Waals surface area contributed by atoms with E-state index >= 15 is 0 Å². The van der Waals surface area contributed by atoms with Gasteiger partial charge in [-0.2, -0.15) is 0 Å². The summed E-state index contributed by atoms with van der Waals surface area (Å²) < 4.78 is 0. The molecule has 0 fully saturated rings. The molecule has 4 nitrogen and oxygen atoms in total. The molecule has 0 spiro atoms. The van der Waals surface area contributed by atoms with Gasteiger partial charge in [0, 0.05) is 18.9 Å². The van der Waals surface area contributed by atoms with Gasteiger partial charge in [-0.15, -0.1) is 0 Å². The molecule has 0 bridgehead atoms. The predicted molar refractivity (Wildman–Crippen MR) is 76.4 cm³/mol. The molecule has 2 rings (SSSR count). The first kappa shape index (κ1) is 14.6. The number of aliphatic carboxylic acids is 1. The van der Waals surface area contributed by atoms with E-state index in [0.29, 0.717) is 6.54 Å². The van der Waals surface area contributed by atoms with Crippen LogP contribution >= 0.6 is 0 Å². The molecular formula is C16H21NO3. The van der Waals surface area contributed by atoms with E-state index in [9.17, 15) is 9.59 Å². The summed E-state index contributed by atoms with van der Waals surface area (Å²) >= 11 is 0. The monoisotopic (exact) mass is 275 g/mol. The third kappa shape index (κ3) is 3.59. The molecule has 1 aliphatic rings. The molecule has 2 N–H and O–H groups in total. The lowest BCUT2D eigenvalue weighted by Gasteiger charge is -2.15. The zero-order chi connectivity index (χ0) is 14.5. The van der Waals surface area contributed by atoms with Crippen LogP contribution in [0.1, 0.15) is 30.9 Å². The molecule has 1 aromatic carbocycles. The highest BCUT2D eigenvalue weighted by Gasteiger charge is 2.27. The molecule has 1 aromatic rings. The van der Waals surface area contributed by atoms with E-state index in [1.807, 2.05) is 19.1 Å². The van der Waals surface area contributed by atoms with Crippen LogP contribution in [-0.2, 0) is 22.4 Å². The first-order valence-electron chi connectivity index (χ1n) is 7.16. The number of hydrogen-bond donors (Lipinski definition) is 2. The number of nitrogens with one attached hydrogen (secondary N) is 1. The number of carboxylic acid groups (broad SMARTS) is 1. The fraction of sp³-hybridized carbons (Fsp3) is 0.500. The van der Waals surface area contributed by atoms with Crippen molar-refractivity contribution in [2.24, 2.45) is 11.8 Å². The van der Waals surface area contributed by atoms with E-state index in [4.69, 9.17) is 5.11 Å². The summed E-state index contributed by atoms with van der Waals surface area (Å²) in [6.45, 7) is 2.40. The van der Waals surface area contributed by atoms with Crippen LogP contribution < -0.4 is 5.32 Å². The van der Waals surface area contributed by atoms with Crippen molar-refractivity contribution < 1.29 is 14.7 Å². The maximum absolute atomic E-state index is 12.2. The average molecular weight is 275 g/mol. The van der Waals surface area contributed by atoms with Crippen LogP contribution in [0, 0.1) is 11.8 Å². The second kappa shape index (κ2) is 6.55. The first-order chi connectivity index (χ1) is 9.60. The molecular weight excluding hydrogens is 254 g/mol. The van der Waals surface area contributed by atoms with Crippen molar-refractivity contribution in [2.45, 2.75) is 32.6 Å². The molecule has 1 aliphatic carbocycles. The maximum atomic E-state index is 12.2. The molecule has 1 unspecified atom stereocenters. The van der Waals surface area contributed by atoms with Crippen LogP contribution in [0.25, 0.3) is 0 Å². The number of fused-ring (bicyclic) bond motifs is 1. The van der Waals surface area contributed by atoms with Gasteiger partial charge in [-0.1, -0.05) is 37.6 Å². The Kier molecular flexibility index (Phi) is 4.77. The van der Waals surface area contributed by atoms with Crippen LogP contribution in [0.15, 0.2) is 24.3 Å². The summed E-state index contributed by atoms with van der Waals surface area (Å²) in [5, 5.41) is 11.7. The van der Waals surface area contributed by atoms with E-state index in [0.717, 1.165) is 19.3 Å². The van der Waals surface area contributed by atoms with E-state index in [1.54, 1.807) is 0 Å². The second-order valence-corrected chi connectivity index (χ2v) is 5.49. The summed E-state index contributed by atoms with van der Waals surface area (Å²) in [6, 6.07) is 8.14. The van der Waals surface area contributed by atoms with Gasteiger partial charge < -0.3 is 10.4 Å². The van der Waals surface area contributed by atoms with Gasteiger partial charge in [0.15, 0.2) is 0 Å². The number of carboxylic acids is 1. The van der Waals surface area contributed by atoms with Gasteiger partial charge in [-0.3, -0.25) is 9.59 Å². The van der Waals surface area contributed by atoms with Crippen LogP contribution in [-0.4, -0.2) is 23.5 Å². The van der Waals surface area contributed by atoms with Crippen molar-refractivity contribution in [1.82, 2.24) is 5.32 Å². The van der Waals surface area contributed by atoms with E-state index in [1.165, 1.54) is 11.1 Å². The topological polar surface area (TPSA) is 66.4 Å². The second-order valence-electron chi connectivity index (χ2n) is 5.49. The van der Waals surface area contributed by atoms with Gasteiger partial charge in [-0.05, 0) is 29.9 Å². The number of rotatable bonds is 6. The van der Waals surface area contributed by atoms with Crippen molar-refractivity contribution in [1.29, 1.82) is 0 Å². The van der Waals surface area contributed by atoms with E-state index < -0.39 is 5.97 Å². The lowest BCUT2D eigenvalue weighted by molar-refractivity contribution is -0.138. The van der Waals surface area contributed by atoms with E-state index in [-0.39, 0.29) is 24.2 Å². The van der Waals surface area contributed by atoms with E-state index in [2.05, 4.69) is 17.4 Å². The third-order valence-corrected chi connectivity index (χ3v) is 4.03. The van der Waals surface area contributed by atoms with Gasteiger partial charge in [0.1, 0.15) is 0 Å². The lowest BCUT2D eigenvalue weighted by atomic mass is 10.0. The van der Waals surface area contributed by atoms with Crippen LogP contribution in [0.5, 0.6) is 0 Å². The molecule has 0 aromatic heterocycles. The Labute approximate surface area is 119 Å². The summed E-state index contributed by atoms with van der Waals surface area (Å²) in [7, 11) is 0. The molecule has 0 radical (unpaired) electrons. The number of hydrogen-bond acceptors (Lipinski definition) is 2. The Morgan fingerprint density at radius 3 is 2.40 bits per heavy atom. The number of carbonyl (C=O) groups is 2. The quantitative estimate of drug-likeness (QED) is 0.834. The SMILES string of the molecule is CCC(CNC(=O)C1Cc2ccccc2C1)CC(=O)O. The molecule has 4 heteroatoms. The Hall–Kier alpha value is -1.84. The van der Waals surface area contributed by atoms with Gasteiger partial charge in [0.2, 0.25) is 5.91 Å². The summed E-state index contributed by atoms with van der Waals surface area (Å²) in [5.74, 6) is -0.751. The Morgan fingerprint density at radius 2 is 1.90 bits per heavy atom. The number of amides is 1. The van der Waals surface area contributed by atoms with Crippen molar-refractivity contribution in [3.05, 3.63) is 35.4 Å². The Bertz CT molecular complexity index is 473. The van der Waals surface area contributed by atoms with Gasteiger partial charge >= 0.3 is 5.97 Å². The standard InChI is InChI=1S/C16H21NO3/c1-2-11(7-15(18)19)10-17-16(20)14-8-12-5-3-4-6-13(12)9-14/h3-6,11,14H,2,7-10H2,1H3,(H,17,20)(H,18,19). The van der Waals surface area contributed by atoms with Gasteiger partial charge in [0.25, 0.3) is 0 Å². The molecule has 0 heterocycles. The van der Waals surface area contributed by atoms with Crippen LogP contribution in [0.3, 0.4) is 0 Å². The zero-order valence-corrected chi connectivity index (χ0v) is 11.8. The van der Waals surface area contributed by atoms with Crippen molar-refractivity contribution in [3.63, 3.8) is 0 Å². The van der Waals surface area contributed by atoms with Crippen molar-refractivity contribution >= 4 is 11.9 Å². The maximum Gasteiger partial charge on any atom is 0.303 e. The predicted octanol–water partition coefficient (Wildman–Crippen LogP) is 2.02. The van der Waals surface area contributed by atoms with Gasteiger partial charge in [-0.25, -0.2) is 0 Å². The molecule has 20 heavy (non-hydrogen) atoms. The number of benzene rings is 1. The van der Waals surface area contributed by atoms with Crippen molar-refractivity contribution in [3.8, 4) is 0 Å². The Morgan fingerprint density at radius 1 is 1.30 bits per heavy atom. The van der Waals surface area contributed by atoms with Gasteiger partial charge in [0.05, 0.1) is 0 Å². The molecule has 108 valence electrons. The normalized spacial score (nSPS) is 15.7. The largest absolute Gasteiger partial charge is 0.481 e. The average Bonchev–Trinajstić information content (AvgIpc) is 2.86. The zero-order valence-electron chi connectivity index (χ0n) is 11.8. The highest BCUT2D eigenvalue weighted by Crippen LogP contribution is 2.26. The van der Waals surface area contributed by atoms with Crippen LogP contribution in [0.2, 0.25) is 0 Å². The third-order valence-electron chi connectivity index (χ3n) is 4.03.